The van der Waals surface area contributed by atoms with Gasteiger partial charge in [0, 0.05) is 6.42 Å². The Balaban J connectivity index is 3.17. The minimum absolute atomic E-state index is 0.310. The van der Waals surface area contributed by atoms with Crippen LogP contribution in [0.15, 0.2) is 12.2 Å². The quantitative estimate of drug-likeness (QED) is 0.430. The first-order chi connectivity index (χ1) is 8.42. The molecule has 0 unspecified atom stereocenters. The standard InChI is InChI=1S/C16H30O2/c1-16(2,3)14-12-10-8-6-4-5-7-9-11-13-15(17)18/h12,14H,4-11,13H2,1-3H3,(H,17,18). The van der Waals surface area contributed by atoms with Crippen molar-refractivity contribution in [1.82, 2.24) is 0 Å². The van der Waals surface area contributed by atoms with Gasteiger partial charge in [-0.05, 0) is 24.7 Å². The van der Waals surface area contributed by atoms with E-state index < -0.39 is 5.97 Å². The second-order valence-corrected chi connectivity index (χ2v) is 6.18. The number of aliphatic carboxylic acids is 1. The van der Waals surface area contributed by atoms with Gasteiger partial charge in [0.2, 0.25) is 0 Å². The molecule has 0 aromatic rings. The molecule has 0 saturated carbocycles. The Labute approximate surface area is 112 Å². The number of carboxylic acids is 1. The van der Waals surface area contributed by atoms with Crippen LogP contribution in [0, 0.1) is 5.41 Å². The lowest BCUT2D eigenvalue weighted by molar-refractivity contribution is -0.137. The van der Waals surface area contributed by atoms with Gasteiger partial charge in [0.1, 0.15) is 0 Å². The molecule has 0 heterocycles. The molecule has 0 atom stereocenters. The van der Waals surface area contributed by atoms with Crippen LogP contribution in [0.4, 0.5) is 0 Å². The van der Waals surface area contributed by atoms with Crippen molar-refractivity contribution in [2.75, 3.05) is 0 Å². The van der Waals surface area contributed by atoms with Crippen molar-refractivity contribution in [3.05, 3.63) is 12.2 Å². The van der Waals surface area contributed by atoms with Crippen molar-refractivity contribution >= 4 is 5.97 Å². The molecule has 0 aliphatic carbocycles. The Hall–Kier alpha value is -0.790. The summed E-state index contributed by atoms with van der Waals surface area (Å²) in [6.45, 7) is 6.67. The van der Waals surface area contributed by atoms with Crippen LogP contribution >= 0.6 is 0 Å². The average molecular weight is 254 g/mol. The number of hydrogen-bond acceptors (Lipinski definition) is 1. The normalized spacial score (nSPS) is 12.2. The molecule has 106 valence electrons. The van der Waals surface area contributed by atoms with Crippen LogP contribution in [0.3, 0.4) is 0 Å². The molecule has 0 aliphatic heterocycles. The number of unbranched alkanes of at least 4 members (excludes halogenated alkanes) is 7. The Morgan fingerprint density at radius 1 is 0.944 bits per heavy atom. The molecule has 0 bridgehead atoms. The van der Waals surface area contributed by atoms with Crippen molar-refractivity contribution in [1.29, 1.82) is 0 Å². The van der Waals surface area contributed by atoms with Crippen molar-refractivity contribution < 1.29 is 9.90 Å². The molecule has 0 aliphatic rings. The Kier molecular flexibility index (Phi) is 9.72. The fraction of sp³-hybridized carbons (Fsp3) is 0.812. The van der Waals surface area contributed by atoms with Gasteiger partial charge in [0.25, 0.3) is 0 Å². The number of carboxylic acid groups (broad SMARTS) is 1. The summed E-state index contributed by atoms with van der Waals surface area (Å²) in [5.74, 6) is -0.666. The zero-order valence-corrected chi connectivity index (χ0v) is 12.4. The fourth-order valence-corrected chi connectivity index (χ4v) is 1.86. The van der Waals surface area contributed by atoms with E-state index in [1.54, 1.807) is 0 Å². The maximum Gasteiger partial charge on any atom is 0.303 e. The lowest BCUT2D eigenvalue weighted by Crippen LogP contribution is -1.98. The summed E-state index contributed by atoms with van der Waals surface area (Å²) >= 11 is 0. The van der Waals surface area contributed by atoms with E-state index in [-0.39, 0.29) is 0 Å². The zero-order valence-electron chi connectivity index (χ0n) is 12.4. The SMILES string of the molecule is CC(C)(C)C=CCCCCCCCCCC(=O)O. The molecular weight excluding hydrogens is 224 g/mol. The Bertz CT molecular complexity index is 236. The summed E-state index contributed by atoms with van der Waals surface area (Å²) in [7, 11) is 0. The summed E-state index contributed by atoms with van der Waals surface area (Å²) in [6, 6.07) is 0. The van der Waals surface area contributed by atoms with Gasteiger partial charge in [-0.25, -0.2) is 0 Å². The minimum Gasteiger partial charge on any atom is -0.481 e. The highest BCUT2D eigenvalue weighted by molar-refractivity contribution is 5.66. The van der Waals surface area contributed by atoms with Crippen molar-refractivity contribution in [2.45, 2.75) is 78.6 Å². The van der Waals surface area contributed by atoms with Crippen molar-refractivity contribution in [2.24, 2.45) is 5.41 Å². The highest BCUT2D eigenvalue weighted by Crippen LogP contribution is 2.16. The maximum atomic E-state index is 10.3. The van der Waals surface area contributed by atoms with Crippen LogP contribution in [-0.2, 0) is 4.79 Å². The van der Waals surface area contributed by atoms with Gasteiger partial charge in [-0.2, -0.15) is 0 Å². The van der Waals surface area contributed by atoms with E-state index in [0.29, 0.717) is 11.8 Å². The van der Waals surface area contributed by atoms with E-state index in [0.717, 1.165) is 12.8 Å². The predicted molar refractivity (Wildman–Crippen MR) is 77.8 cm³/mol. The third kappa shape index (κ3) is 15.2. The molecule has 18 heavy (non-hydrogen) atoms. The van der Waals surface area contributed by atoms with E-state index in [9.17, 15) is 4.79 Å². The highest BCUT2D eigenvalue weighted by Gasteiger charge is 2.02. The zero-order chi connectivity index (χ0) is 13.9. The smallest absolute Gasteiger partial charge is 0.303 e. The van der Waals surface area contributed by atoms with Crippen LogP contribution in [-0.4, -0.2) is 11.1 Å². The molecule has 0 spiro atoms. The summed E-state index contributed by atoms with van der Waals surface area (Å²) in [6.07, 6.45) is 14.3. The number of carbonyl (C=O) groups is 1. The molecule has 0 amide bonds. The second-order valence-electron chi connectivity index (χ2n) is 6.18. The van der Waals surface area contributed by atoms with Crippen molar-refractivity contribution in [3.8, 4) is 0 Å². The van der Waals surface area contributed by atoms with E-state index in [4.69, 9.17) is 5.11 Å². The second kappa shape index (κ2) is 10.2. The van der Waals surface area contributed by atoms with Crippen LogP contribution in [0.2, 0.25) is 0 Å². The van der Waals surface area contributed by atoms with Gasteiger partial charge in [-0.3, -0.25) is 4.79 Å². The number of rotatable bonds is 10. The molecule has 0 radical (unpaired) electrons. The minimum atomic E-state index is -0.666. The number of allylic oxidation sites excluding steroid dienone is 2. The fourth-order valence-electron chi connectivity index (χ4n) is 1.86. The van der Waals surface area contributed by atoms with Crippen LogP contribution < -0.4 is 0 Å². The topological polar surface area (TPSA) is 37.3 Å². The van der Waals surface area contributed by atoms with Gasteiger partial charge in [0.15, 0.2) is 0 Å². The first-order valence-electron chi connectivity index (χ1n) is 7.31. The van der Waals surface area contributed by atoms with Crippen molar-refractivity contribution in [3.63, 3.8) is 0 Å². The Morgan fingerprint density at radius 3 is 1.94 bits per heavy atom. The molecule has 0 rings (SSSR count). The molecule has 0 aromatic carbocycles. The Morgan fingerprint density at radius 2 is 1.44 bits per heavy atom. The molecular formula is C16H30O2. The van der Waals surface area contributed by atoms with Crippen LogP contribution in [0.1, 0.15) is 78.6 Å². The maximum absolute atomic E-state index is 10.3. The van der Waals surface area contributed by atoms with Gasteiger partial charge in [-0.1, -0.05) is 65.0 Å². The molecule has 1 N–H and O–H groups in total. The van der Waals surface area contributed by atoms with E-state index in [1.165, 1.54) is 38.5 Å². The van der Waals surface area contributed by atoms with Gasteiger partial charge < -0.3 is 5.11 Å². The summed E-state index contributed by atoms with van der Waals surface area (Å²) in [4.78, 5) is 10.3. The summed E-state index contributed by atoms with van der Waals surface area (Å²) < 4.78 is 0. The summed E-state index contributed by atoms with van der Waals surface area (Å²) in [5, 5.41) is 8.49. The lowest BCUT2D eigenvalue weighted by atomic mass is 9.95. The summed E-state index contributed by atoms with van der Waals surface area (Å²) in [5.41, 5.74) is 0.310. The molecule has 2 heteroatoms. The monoisotopic (exact) mass is 254 g/mol. The predicted octanol–water partition coefficient (Wildman–Crippen LogP) is 5.18. The van der Waals surface area contributed by atoms with Crippen LogP contribution in [0.25, 0.3) is 0 Å². The largest absolute Gasteiger partial charge is 0.481 e. The highest BCUT2D eigenvalue weighted by atomic mass is 16.4. The first-order valence-corrected chi connectivity index (χ1v) is 7.31. The number of hydrogen-bond donors (Lipinski definition) is 1. The van der Waals surface area contributed by atoms with Gasteiger partial charge in [0.05, 0.1) is 0 Å². The molecule has 0 aromatic heterocycles. The van der Waals surface area contributed by atoms with E-state index >= 15 is 0 Å². The molecule has 2 nitrogen and oxygen atoms in total. The third-order valence-electron chi connectivity index (χ3n) is 2.88. The van der Waals surface area contributed by atoms with E-state index in [1.807, 2.05) is 0 Å². The van der Waals surface area contributed by atoms with E-state index in [2.05, 4.69) is 32.9 Å². The van der Waals surface area contributed by atoms with Gasteiger partial charge in [-0.15, -0.1) is 0 Å². The average Bonchev–Trinajstić information content (AvgIpc) is 2.24. The first kappa shape index (κ1) is 17.2. The van der Waals surface area contributed by atoms with Gasteiger partial charge >= 0.3 is 5.97 Å². The van der Waals surface area contributed by atoms with Crippen LogP contribution in [0.5, 0.6) is 0 Å². The third-order valence-corrected chi connectivity index (χ3v) is 2.88. The molecule has 0 saturated heterocycles. The lowest BCUT2D eigenvalue weighted by Gasteiger charge is -2.10. The molecule has 0 fully saturated rings.